The number of benzene rings is 1. The number of unbranched alkanes of at least 4 members (excludes halogenated alkanes) is 1. The highest BCUT2D eigenvalue weighted by atomic mass is 19.1. The number of halogens is 1. The maximum atomic E-state index is 12.9. The molecule has 0 spiro atoms. The van der Waals surface area contributed by atoms with Gasteiger partial charge in [-0.15, -0.1) is 0 Å². The molecule has 0 bridgehead atoms. The first kappa shape index (κ1) is 24.0. The zero-order chi connectivity index (χ0) is 21.9. The van der Waals surface area contributed by atoms with E-state index in [0.29, 0.717) is 0 Å². The average Bonchev–Trinajstić information content (AvgIpc) is 2.83. The van der Waals surface area contributed by atoms with E-state index in [4.69, 9.17) is 5.26 Å². The number of rotatable bonds is 10. The quantitative estimate of drug-likeness (QED) is 0.272. The minimum atomic E-state index is -0.618. The number of allylic oxidation sites excluding steroid dienone is 2. The second-order valence-corrected chi connectivity index (χ2v) is 10.2. The number of nitrogens with zero attached hydrogens (tertiary/aromatic N) is 1. The highest BCUT2D eigenvalue weighted by Crippen LogP contribution is 2.38. The number of nitriles is 1. The van der Waals surface area contributed by atoms with Gasteiger partial charge in [0.2, 0.25) is 0 Å². The summed E-state index contributed by atoms with van der Waals surface area (Å²) in [4.78, 5) is 0. The lowest BCUT2D eigenvalue weighted by Gasteiger charge is -2.30. The summed E-state index contributed by atoms with van der Waals surface area (Å²) < 4.78 is 12.9. The molecule has 31 heavy (non-hydrogen) atoms. The monoisotopic (exact) mass is 423 g/mol. The molecule has 0 heterocycles. The Morgan fingerprint density at radius 3 is 1.90 bits per heavy atom. The molecule has 170 valence electrons. The second kappa shape index (κ2) is 13.0. The molecule has 2 aliphatic rings. The summed E-state index contributed by atoms with van der Waals surface area (Å²) >= 11 is 0. The van der Waals surface area contributed by atoms with Gasteiger partial charge in [0.05, 0.1) is 0 Å². The lowest BCUT2D eigenvalue weighted by atomic mass is 9.76. The van der Waals surface area contributed by atoms with Crippen LogP contribution in [0.1, 0.15) is 114 Å². The third-order valence-corrected chi connectivity index (χ3v) is 8.15. The van der Waals surface area contributed by atoms with Crippen LogP contribution in [-0.4, -0.2) is 0 Å². The second-order valence-electron chi connectivity index (χ2n) is 10.2. The third-order valence-electron chi connectivity index (χ3n) is 8.15. The van der Waals surface area contributed by atoms with Crippen LogP contribution in [0.5, 0.6) is 0 Å². The maximum absolute atomic E-state index is 12.9. The van der Waals surface area contributed by atoms with E-state index < -0.39 is 5.83 Å². The molecule has 0 amide bonds. The molecule has 2 aliphatic carbocycles. The molecule has 0 aromatic heterocycles. The van der Waals surface area contributed by atoms with E-state index in [1.807, 2.05) is 0 Å². The van der Waals surface area contributed by atoms with Crippen LogP contribution in [0, 0.1) is 29.1 Å². The third kappa shape index (κ3) is 8.10. The van der Waals surface area contributed by atoms with Gasteiger partial charge in [-0.2, -0.15) is 9.65 Å². The normalized spacial score (nSPS) is 27.1. The van der Waals surface area contributed by atoms with E-state index in [9.17, 15) is 4.39 Å². The molecule has 3 rings (SSSR count). The van der Waals surface area contributed by atoms with Gasteiger partial charge in [-0.05, 0) is 85.8 Å². The SMILES string of the molecule is CCc1ccc(C2CCC(CCCCC3CCC(CC/C=C(\F)C#N)CC3)CC2)cc1. The number of aryl methyl sites for hydroxylation is 1. The molecule has 0 radical (unpaired) electrons. The van der Waals surface area contributed by atoms with Crippen molar-refractivity contribution in [3.63, 3.8) is 0 Å². The van der Waals surface area contributed by atoms with Gasteiger partial charge in [0.1, 0.15) is 6.07 Å². The molecule has 0 saturated heterocycles. The van der Waals surface area contributed by atoms with Gasteiger partial charge in [0, 0.05) is 0 Å². The van der Waals surface area contributed by atoms with E-state index >= 15 is 0 Å². The van der Waals surface area contributed by atoms with Crippen molar-refractivity contribution in [1.29, 1.82) is 5.26 Å². The van der Waals surface area contributed by atoms with Gasteiger partial charge < -0.3 is 0 Å². The van der Waals surface area contributed by atoms with Gasteiger partial charge in [0.15, 0.2) is 5.83 Å². The van der Waals surface area contributed by atoms with E-state index in [2.05, 4.69) is 31.2 Å². The van der Waals surface area contributed by atoms with Crippen molar-refractivity contribution in [2.75, 3.05) is 0 Å². The van der Waals surface area contributed by atoms with Gasteiger partial charge in [-0.1, -0.05) is 82.6 Å². The van der Waals surface area contributed by atoms with Crippen molar-refractivity contribution in [2.45, 2.75) is 109 Å². The summed E-state index contributed by atoms with van der Waals surface area (Å²) in [5.41, 5.74) is 3.02. The van der Waals surface area contributed by atoms with Crippen LogP contribution in [0.3, 0.4) is 0 Å². The zero-order valence-corrected chi connectivity index (χ0v) is 19.6. The fourth-order valence-corrected chi connectivity index (χ4v) is 5.98. The van der Waals surface area contributed by atoms with Gasteiger partial charge in [-0.25, -0.2) is 0 Å². The Kier molecular flexibility index (Phi) is 10.1. The Balaban J connectivity index is 1.23. The van der Waals surface area contributed by atoms with Crippen LogP contribution in [0.15, 0.2) is 36.2 Å². The van der Waals surface area contributed by atoms with Crippen molar-refractivity contribution >= 4 is 0 Å². The predicted octanol–water partition coefficient (Wildman–Crippen LogP) is 9.05. The largest absolute Gasteiger partial charge is 0.196 e. The van der Waals surface area contributed by atoms with Crippen molar-refractivity contribution in [2.24, 2.45) is 17.8 Å². The molecule has 1 aromatic carbocycles. The van der Waals surface area contributed by atoms with E-state index in [0.717, 1.165) is 42.9 Å². The van der Waals surface area contributed by atoms with Crippen LogP contribution in [0.25, 0.3) is 0 Å². The van der Waals surface area contributed by atoms with Gasteiger partial charge in [-0.3, -0.25) is 0 Å². The molecule has 0 N–H and O–H groups in total. The molecule has 2 saturated carbocycles. The van der Waals surface area contributed by atoms with Crippen LogP contribution in [0.4, 0.5) is 4.39 Å². The summed E-state index contributed by atoms with van der Waals surface area (Å²) in [6.07, 6.45) is 21.0. The minimum absolute atomic E-state index is 0.618. The first-order chi connectivity index (χ1) is 15.2. The van der Waals surface area contributed by atoms with Crippen LogP contribution < -0.4 is 0 Å². The summed E-state index contributed by atoms with van der Waals surface area (Å²) in [5.74, 6) is 2.80. The number of hydrogen-bond acceptors (Lipinski definition) is 1. The van der Waals surface area contributed by atoms with E-state index in [1.54, 1.807) is 11.6 Å². The summed E-state index contributed by atoms with van der Waals surface area (Å²) in [7, 11) is 0. The van der Waals surface area contributed by atoms with Crippen LogP contribution in [-0.2, 0) is 6.42 Å². The fraction of sp³-hybridized carbons (Fsp3) is 0.690. The summed E-state index contributed by atoms with van der Waals surface area (Å²) in [6, 6.07) is 11.0. The van der Waals surface area contributed by atoms with Crippen LogP contribution in [0.2, 0.25) is 0 Å². The smallest absolute Gasteiger partial charge is 0.195 e. The van der Waals surface area contributed by atoms with Crippen LogP contribution >= 0.6 is 0 Å². The summed E-state index contributed by atoms with van der Waals surface area (Å²) in [5, 5.41) is 8.47. The molecule has 0 aliphatic heterocycles. The van der Waals surface area contributed by atoms with Crippen molar-refractivity contribution in [3.8, 4) is 6.07 Å². The standard InChI is InChI=1S/C29H42FN/c1-2-23-14-18-27(19-15-23)28-20-16-25(17-21-28)7-4-3-6-24-10-12-26(13-11-24)8-5-9-29(30)22-31/h9,14-15,18-19,24-26,28H,2-8,10-13,16-17,20-21H2,1H3/b29-9-. The maximum Gasteiger partial charge on any atom is 0.196 e. The predicted molar refractivity (Wildman–Crippen MR) is 128 cm³/mol. The van der Waals surface area contributed by atoms with E-state index in [-0.39, 0.29) is 0 Å². The first-order valence-corrected chi connectivity index (χ1v) is 13.0. The molecule has 2 fully saturated rings. The van der Waals surface area contributed by atoms with E-state index in [1.165, 1.54) is 88.7 Å². The number of hydrogen-bond donors (Lipinski definition) is 0. The highest BCUT2D eigenvalue weighted by molar-refractivity contribution is 5.25. The van der Waals surface area contributed by atoms with Gasteiger partial charge >= 0.3 is 0 Å². The Bertz CT molecular complexity index is 697. The lowest BCUT2D eigenvalue weighted by Crippen LogP contribution is -2.15. The molecule has 0 unspecified atom stereocenters. The van der Waals surface area contributed by atoms with Crippen molar-refractivity contribution < 1.29 is 4.39 Å². The molecular formula is C29H42FN. The first-order valence-electron chi connectivity index (χ1n) is 13.0. The Morgan fingerprint density at radius 1 is 0.871 bits per heavy atom. The molecule has 0 atom stereocenters. The zero-order valence-electron chi connectivity index (χ0n) is 19.6. The lowest BCUT2D eigenvalue weighted by molar-refractivity contribution is 0.244. The molecule has 1 aromatic rings. The highest BCUT2D eigenvalue weighted by Gasteiger charge is 2.23. The fourth-order valence-electron chi connectivity index (χ4n) is 5.98. The topological polar surface area (TPSA) is 23.8 Å². The summed E-state index contributed by atoms with van der Waals surface area (Å²) in [6.45, 7) is 2.23. The van der Waals surface area contributed by atoms with Crippen molar-refractivity contribution in [3.05, 3.63) is 47.3 Å². The Labute approximate surface area is 190 Å². The Hall–Kier alpha value is -1.62. The average molecular weight is 424 g/mol. The molecule has 1 nitrogen and oxygen atoms in total. The molecular weight excluding hydrogens is 381 g/mol. The molecule has 2 heteroatoms. The van der Waals surface area contributed by atoms with Gasteiger partial charge in [0.25, 0.3) is 0 Å². The van der Waals surface area contributed by atoms with Crippen molar-refractivity contribution in [1.82, 2.24) is 0 Å². The minimum Gasteiger partial charge on any atom is -0.195 e. The Morgan fingerprint density at radius 2 is 1.39 bits per heavy atom.